The summed E-state index contributed by atoms with van der Waals surface area (Å²) < 4.78 is 0. The number of aliphatic imine (C=N–C) groups is 2. The molecule has 4 rings (SSSR count). The third-order valence-electron chi connectivity index (χ3n) is 7.30. The van der Waals surface area contributed by atoms with E-state index in [-0.39, 0.29) is 5.96 Å². The fourth-order valence-corrected chi connectivity index (χ4v) is 5.06. The molecule has 166 valence electrons. The maximum Gasteiger partial charge on any atom is 0.218 e. The van der Waals surface area contributed by atoms with Crippen LogP contribution in [0.4, 0.5) is 0 Å². The molecular formula is C24H40N6. The smallest absolute Gasteiger partial charge is 0.218 e. The normalized spacial score (nSPS) is 27.1. The zero-order valence-corrected chi connectivity index (χ0v) is 18.9. The van der Waals surface area contributed by atoms with E-state index in [0.29, 0.717) is 11.4 Å². The Balaban J connectivity index is 1.52. The van der Waals surface area contributed by atoms with E-state index in [9.17, 15) is 0 Å². The molecule has 6 nitrogen and oxygen atoms in total. The molecule has 4 N–H and O–H groups in total. The third kappa shape index (κ3) is 6.21. The Morgan fingerprint density at radius 3 is 2.53 bits per heavy atom. The van der Waals surface area contributed by atoms with Crippen LogP contribution in [0.3, 0.4) is 0 Å². The van der Waals surface area contributed by atoms with Gasteiger partial charge >= 0.3 is 0 Å². The molecule has 0 amide bonds. The van der Waals surface area contributed by atoms with Crippen LogP contribution >= 0.6 is 0 Å². The summed E-state index contributed by atoms with van der Waals surface area (Å²) in [6.07, 6.45) is 8.74. The second-order valence-electron chi connectivity index (χ2n) is 9.25. The van der Waals surface area contributed by atoms with Gasteiger partial charge in [0.05, 0.1) is 0 Å². The lowest BCUT2D eigenvalue weighted by Gasteiger charge is -2.39. The first-order chi connectivity index (χ1) is 14.5. The quantitative estimate of drug-likeness (QED) is 0.390. The Hall–Kier alpha value is -2.08. The highest BCUT2D eigenvalue weighted by molar-refractivity contribution is 5.93. The molecule has 3 heterocycles. The van der Waals surface area contributed by atoms with Gasteiger partial charge in [-0.2, -0.15) is 4.99 Å². The summed E-state index contributed by atoms with van der Waals surface area (Å²) >= 11 is 0. The molecule has 1 atom stereocenters. The topological polar surface area (TPSA) is 83.2 Å². The molecule has 1 aromatic rings. The van der Waals surface area contributed by atoms with Gasteiger partial charge in [0.25, 0.3) is 0 Å². The minimum Gasteiger partial charge on any atom is -0.369 e. The molecule has 0 spiro atoms. The highest BCUT2D eigenvalue weighted by atomic mass is 15.3. The summed E-state index contributed by atoms with van der Waals surface area (Å²) in [5, 5.41) is 0. The molecular weight excluding hydrogens is 372 g/mol. The third-order valence-corrected chi connectivity index (χ3v) is 7.30. The van der Waals surface area contributed by atoms with Crippen molar-refractivity contribution in [2.45, 2.75) is 51.9 Å². The van der Waals surface area contributed by atoms with Gasteiger partial charge in [-0.3, -0.25) is 4.99 Å². The number of hydrogen-bond donors (Lipinski definition) is 2. The van der Waals surface area contributed by atoms with E-state index in [0.717, 1.165) is 31.8 Å². The zero-order valence-electron chi connectivity index (χ0n) is 18.9. The number of unbranched alkanes of at least 4 members (excludes halogenated alkanes) is 1. The Morgan fingerprint density at radius 2 is 1.83 bits per heavy atom. The van der Waals surface area contributed by atoms with Crippen molar-refractivity contribution in [1.82, 2.24) is 9.80 Å². The molecule has 0 radical (unpaired) electrons. The van der Waals surface area contributed by atoms with Gasteiger partial charge in [-0.1, -0.05) is 43.7 Å². The summed E-state index contributed by atoms with van der Waals surface area (Å²) in [4.78, 5) is 13.0. The van der Waals surface area contributed by atoms with Gasteiger partial charge < -0.3 is 21.3 Å². The first-order valence-corrected chi connectivity index (χ1v) is 11.6. The minimum absolute atomic E-state index is 0.231. The minimum atomic E-state index is 0.231. The Kier molecular flexibility index (Phi) is 8.14. The molecule has 0 aliphatic carbocycles. The number of rotatable bonds is 8. The van der Waals surface area contributed by atoms with Crippen LogP contribution in [-0.2, 0) is 6.42 Å². The number of fused-ring (bicyclic) bond motifs is 4. The van der Waals surface area contributed by atoms with E-state index >= 15 is 0 Å². The van der Waals surface area contributed by atoms with Crippen molar-refractivity contribution in [3.05, 3.63) is 35.9 Å². The molecule has 0 aromatic heterocycles. The molecule has 30 heavy (non-hydrogen) atoms. The molecule has 3 saturated heterocycles. The molecule has 1 unspecified atom stereocenters. The monoisotopic (exact) mass is 412 g/mol. The van der Waals surface area contributed by atoms with Gasteiger partial charge in [-0.25, -0.2) is 0 Å². The van der Waals surface area contributed by atoms with Crippen molar-refractivity contribution in [1.29, 1.82) is 0 Å². The van der Waals surface area contributed by atoms with Crippen LogP contribution < -0.4 is 11.5 Å². The van der Waals surface area contributed by atoms with E-state index in [2.05, 4.69) is 51.0 Å². The van der Waals surface area contributed by atoms with Crippen LogP contribution in [0.1, 0.15) is 51.0 Å². The lowest BCUT2D eigenvalue weighted by atomic mass is 9.69. The predicted octanol–water partition coefficient (Wildman–Crippen LogP) is 3.08. The van der Waals surface area contributed by atoms with Crippen LogP contribution in [0.15, 0.2) is 40.3 Å². The number of nitrogens with two attached hydrogens (primary N) is 2. The highest BCUT2D eigenvalue weighted by Crippen LogP contribution is 2.45. The van der Waals surface area contributed by atoms with Gasteiger partial charge in [0, 0.05) is 20.1 Å². The standard InChI is InChI=1S/C24H40N6/c1-24-13-18-29(19-14-24)16-12-21(24)10-6-7-15-30(23(26)28-22(25)27-2)17-11-20-8-4-3-5-9-20/h3-5,8-9,21H,6-7,10-19H2,1-2H3,(H4,25,26,27,28). The van der Waals surface area contributed by atoms with Crippen LogP contribution in [0.5, 0.6) is 0 Å². The maximum absolute atomic E-state index is 6.28. The number of benzene rings is 1. The van der Waals surface area contributed by atoms with E-state index in [4.69, 9.17) is 11.5 Å². The van der Waals surface area contributed by atoms with Crippen molar-refractivity contribution >= 4 is 11.9 Å². The van der Waals surface area contributed by atoms with Crippen molar-refractivity contribution in [3.63, 3.8) is 0 Å². The number of guanidine groups is 2. The van der Waals surface area contributed by atoms with Crippen LogP contribution in [0.2, 0.25) is 0 Å². The molecule has 1 aromatic carbocycles. The second-order valence-corrected chi connectivity index (χ2v) is 9.25. The summed E-state index contributed by atoms with van der Waals surface area (Å²) in [6.45, 7) is 8.17. The van der Waals surface area contributed by atoms with Gasteiger partial charge in [-0.05, 0) is 75.1 Å². The Morgan fingerprint density at radius 1 is 1.10 bits per heavy atom. The molecule has 6 heteroatoms. The van der Waals surface area contributed by atoms with E-state index in [1.54, 1.807) is 7.05 Å². The highest BCUT2D eigenvalue weighted by Gasteiger charge is 2.39. The number of hydrogen-bond acceptors (Lipinski definition) is 2. The molecule has 3 aliphatic rings. The lowest BCUT2D eigenvalue weighted by Crippen LogP contribution is -2.40. The predicted molar refractivity (Wildman–Crippen MR) is 127 cm³/mol. The van der Waals surface area contributed by atoms with Crippen LogP contribution in [0, 0.1) is 11.3 Å². The number of nitrogens with zero attached hydrogens (tertiary/aromatic N) is 4. The van der Waals surface area contributed by atoms with Gasteiger partial charge in [0.15, 0.2) is 5.96 Å². The van der Waals surface area contributed by atoms with Crippen molar-refractivity contribution in [2.75, 3.05) is 39.8 Å². The average molecular weight is 413 g/mol. The summed E-state index contributed by atoms with van der Waals surface area (Å²) in [5.41, 5.74) is 13.9. The Labute approximate surface area is 182 Å². The Bertz CT molecular complexity index is 706. The van der Waals surface area contributed by atoms with Crippen LogP contribution in [-0.4, -0.2) is 61.5 Å². The van der Waals surface area contributed by atoms with Crippen molar-refractivity contribution in [2.24, 2.45) is 32.8 Å². The van der Waals surface area contributed by atoms with E-state index < -0.39 is 0 Å². The molecule has 3 fully saturated rings. The SMILES string of the molecule is CN=C(N)/N=C(\N)N(CCCCC1CCN2CCC1(C)CC2)CCc1ccccc1. The van der Waals surface area contributed by atoms with Gasteiger partial charge in [0.1, 0.15) is 0 Å². The molecule has 3 aliphatic heterocycles. The van der Waals surface area contributed by atoms with Crippen molar-refractivity contribution < 1.29 is 0 Å². The van der Waals surface area contributed by atoms with Crippen molar-refractivity contribution in [3.8, 4) is 0 Å². The summed E-state index contributed by atoms with van der Waals surface area (Å²) in [5.74, 6) is 1.56. The number of piperidine rings is 1. The van der Waals surface area contributed by atoms with Gasteiger partial charge in [0.2, 0.25) is 5.96 Å². The zero-order chi connectivity index (χ0) is 21.4. The average Bonchev–Trinajstić information content (AvgIpc) is 3.01. The fourth-order valence-electron chi connectivity index (χ4n) is 5.06. The first-order valence-electron chi connectivity index (χ1n) is 11.6. The molecule has 0 saturated carbocycles. The lowest BCUT2D eigenvalue weighted by molar-refractivity contribution is 0.107. The first kappa shape index (κ1) is 22.6. The maximum atomic E-state index is 6.28. The van der Waals surface area contributed by atoms with E-state index in [1.807, 2.05) is 6.07 Å². The second kappa shape index (κ2) is 10.8. The van der Waals surface area contributed by atoms with E-state index in [1.165, 1.54) is 57.3 Å². The summed E-state index contributed by atoms with van der Waals surface area (Å²) in [6, 6.07) is 10.5. The largest absolute Gasteiger partial charge is 0.369 e. The van der Waals surface area contributed by atoms with Gasteiger partial charge in [-0.15, -0.1) is 0 Å². The fraction of sp³-hybridized carbons (Fsp3) is 0.667. The van der Waals surface area contributed by atoms with Crippen LogP contribution in [0.25, 0.3) is 0 Å². The molecule has 2 bridgehead atoms. The summed E-state index contributed by atoms with van der Waals surface area (Å²) in [7, 11) is 1.64.